The molecule has 2 saturated heterocycles. The molecule has 1 amide bonds. The molecule has 104 valence electrons. The number of nitrogens with two attached hydrogens (primary N) is 1. The van der Waals surface area contributed by atoms with Crippen LogP contribution < -0.4 is 5.73 Å². The van der Waals surface area contributed by atoms with E-state index in [1.54, 1.807) is 4.90 Å². The number of hydrogen-bond donors (Lipinski definition) is 1. The molecule has 18 heavy (non-hydrogen) atoms. The normalized spacial score (nSPS) is 26.9. The van der Waals surface area contributed by atoms with Gasteiger partial charge >= 0.3 is 6.09 Å². The van der Waals surface area contributed by atoms with E-state index in [4.69, 9.17) is 15.2 Å². The molecule has 2 N–H and O–H groups in total. The summed E-state index contributed by atoms with van der Waals surface area (Å²) in [5, 5.41) is 0. The molecule has 0 saturated carbocycles. The molecule has 0 aliphatic carbocycles. The zero-order chi connectivity index (χ0) is 13.4. The number of amides is 1. The van der Waals surface area contributed by atoms with Crippen molar-refractivity contribution >= 4 is 6.09 Å². The van der Waals surface area contributed by atoms with E-state index in [0.29, 0.717) is 19.6 Å². The summed E-state index contributed by atoms with van der Waals surface area (Å²) in [7, 11) is 0. The summed E-state index contributed by atoms with van der Waals surface area (Å²) in [6.45, 7) is 7.68. The van der Waals surface area contributed by atoms with Crippen LogP contribution in [0.1, 0.15) is 40.0 Å². The topological polar surface area (TPSA) is 64.8 Å². The van der Waals surface area contributed by atoms with Crippen molar-refractivity contribution in [1.82, 2.24) is 4.90 Å². The number of carbonyl (C=O) groups excluding carboxylic acids is 1. The molecule has 5 nitrogen and oxygen atoms in total. The summed E-state index contributed by atoms with van der Waals surface area (Å²) >= 11 is 0. The number of rotatable bonds is 1. The SMILES string of the molecule is CC(C)(C)OC(=O)N1CCC2(CC1)CC(CN)O2. The third-order valence-electron chi connectivity index (χ3n) is 3.61. The highest BCUT2D eigenvalue weighted by Crippen LogP contribution is 2.40. The lowest BCUT2D eigenvalue weighted by molar-refractivity contribution is -0.219. The van der Waals surface area contributed by atoms with Gasteiger partial charge in [0.2, 0.25) is 0 Å². The molecule has 0 aromatic rings. The average molecular weight is 256 g/mol. The number of ether oxygens (including phenoxy) is 2. The Balaban J connectivity index is 1.79. The monoisotopic (exact) mass is 256 g/mol. The fourth-order valence-corrected chi connectivity index (χ4v) is 2.64. The Kier molecular flexibility index (Phi) is 3.56. The fourth-order valence-electron chi connectivity index (χ4n) is 2.64. The first kappa shape index (κ1) is 13.6. The van der Waals surface area contributed by atoms with Gasteiger partial charge in [-0.3, -0.25) is 0 Å². The summed E-state index contributed by atoms with van der Waals surface area (Å²) in [4.78, 5) is 13.7. The highest BCUT2D eigenvalue weighted by molar-refractivity contribution is 5.68. The van der Waals surface area contributed by atoms with Crippen LogP contribution in [0.3, 0.4) is 0 Å². The van der Waals surface area contributed by atoms with E-state index in [1.165, 1.54) is 0 Å². The van der Waals surface area contributed by atoms with Gasteiger partial charge in [-0.1, -0.05) is 0 Å². The molecule has 1 unspecified atom stereocenters. The van der Waals surface area contributed by atoms with Gasteiger partial charge in [0.15, 0.2) is 0 Å². The highest BCUT2D eigenvalue weighted by Gasteiger charge is 2.47. The number of hydrogen-bond acceptors (Lipinski definition) is 4. The Hall–Kier alpha value is -0.810. The summed E-state index contributed by atoms with van der Waals surface area (Å²) in [5.74, 6) is 0. The van der Waals surface area contributed by atoms with Crippen LogP contribution in [0.5, 0.6) is 0 Å². The highest BCUT2D eigenvalue weighted by atomic mass is 16.6. The van der Waals surface area contributed by atoms with E-state index in [2.05, 4.69) is 0 Å². The van der Waals surface area contributed by atoms with E-state index >= 15 is 0 Å². The van der Waals surface area contributed by atoms with E-state index in [0.717, 1.165) is 19.3 Å². The van der Waals surface area contributed by atoms with Gasteiger partial charge in [0.25, 0.3) is 0 Å². The maximum Gasteiger partial charge on any atom is 0.410 e. The second-order valence-corrected chi connectivity index (χ2v) is 6.33. The largest absolute Gasteiger partial charge is 0.444 e. The molecule has 0 bridgehead atoms. The maximum absolute atomic E-state index is 11.9. The van der Waals surface area contributed by atoms with Crippen molar-refractivity contribution in [2.24, 2.45) is 5.73 Å². The van der Waals surface area contributed by atoms with Crippen LogP contribution in [0, 0.1) is 0 Å². The van der Waals surface area contributed by atoms with E-state index < -0.39 is 5.60 Å². The van der Waals surface area contributed by atoms with E-state index in [1.807, 2.05) is 20.8 Å². The van der Waals surface area contributed by atoms with Gasteiger partial charge in [0.05, 0.1) is 11.7 Å². The molecule has 2 fully saturated rings. The Morgan fingerprint density at radius 3 is 2.44 bits per heavy atom. The minimum atomic E-state index is -0.427. The lowest BCUT2D eigenvalue weighted by Crippen LogP contribution is -2.59. The smallest absolute Gasteiger partial charge is 0.410 e. The third kappa shape index (κ3) is 2.95. The second kappa shape index (κ2) is 4.70. The van der Waals surface area contributed by atoms with Gasteiger partial charge in [-0.15, -0.1) is 0 Å². The first-order valence-electron chi connectivity index (χ1n) is 6.69. The van der Waals surface area contributed by atoms with Crippen LogP contribution in [0.2, 0.25) is 0 Å². The molecule has 0 aromatic carbocycles. The minimum absolute atomic E-state index is 0.0114. The summed E-state index contributed by atoms with van der Waals surface area (Å²) < 4.78 is 11.2. The van der Waals surface area contributed by atoms with Gasteiger partial charge in [-0.05, 0) is 33.6 Å². The standard InChI is InChI=1S/C13H24N2O3/c1-12(2,3)18-11(16)15-6-4-13(5-7-15)8-10(9-14)17-13/h10H,4-9,14H2,1-3H3. The van der Waals surface area contributed by atoms with Gasteiger partial charge < -0.3 is 20.1 Å². The molecule has 2 heterocycles. The molecule has 2 aliphatic heterocycles. The molecule has 1 spiro atoms. The fraction of sp³-hybridized carbons (Fsp3) is 0.923. The van der Waals surface area contributed by atoms with Crippen molar-refractivity contribution in [3.8, 4) is 0 Å². The number of nitrogens with zero attached hydrogens (tertiary/aromatic N) is 1. The Labute approximate surface area is 109 Å². The Morgan fingerprint density at radius 1 is 1.44 bits per heavy atom. The lowest BCUT2D eigenvalue weighted by atomic mass is 9.81. The molecule has 5 heteroatoms. The maximum atomic E-state index is 11.9. The van der Waals surface area contributed by atoms with E-state index in [9.17, 15) is 4.79 Å². The summed E-state index contributed by atoms with van der Waals surface area (Å²) in [5.41, 5.74) is 5.12. The van der Waals surface area contributed by atoms with Crippen molar-refractivity contribution in [3.05, 3.63) is 0 Å². The second-order valence-electron chi connectivity index (χ2n) is 6.33. The van der Waals surface area contributed by atoms with E-state index in [-0.39, 0.29) is 17.8 Å². The predicted octanol–water partition coefficient (Wildman–Crippen LogP) is 1.50. The van der Waals surface area contributed by atoms with Crippen molar-refractivity contribution in [3.63, 3.8) is 0 Å². The van der Waals surface area contributed by atoms with Crippen LogP contribution in [-0.4, -0.2) is 47.9 Å². The van der Waals surface area contributed by atoms with Gasteiger partial charge in [-0.25, -0.2) is 4.79 Å². The molecule has 0 radical (unpaired) electrons. The van der Waals surface area contributed by atoms with Crippen LogP contribution in [-0.2, 0) is 9.47 Å². The van der Waals surface area contributed by atoms with Crippen LogP contribution in [0.15, 0.2) is 0 Å². The van der Waals surface area contributed by atoms with Gasteiger partial charge in [0, 0.05) is 26.1 Å². The number of likely N-dealkylation sites (tertiary alicyclic amines) is 1. The first-order chi connectivity index (χ1) is 8.34. The Bertz CT molecular complexity index is 309. The van der Waals surface area contributed by atoms with Crippen molar-refractivity contribution in [1.29, 1.82) is 0 Å². The van der Waals surface area contributed by atoms with Crippen LogP contribution >= 0.6 is 0 Å². The molecule has 2 rings (SSSR count). The molecule has 2 aliphatic rings. The van der Waals surface area contributed by atoms with Crippen molar-refractivity contribution in [2.45, 2.75) is 57.3 Å². The lowest BCUT2D eigenvalue weighted by Gasteiger charge is -2.51. The molecule has 0 aromatic heterocycles. The zero-order valence-corrected chi connectivity index (χ0v) is 11.6. The molecular weight excluding hydrogens is 232 g/mol. The summed E-state index contributed by atoms with van der Waals surface area (Å²) in [6, 6.07) is 0. The zero-order valence-electron chi connectivity index (χ0n) is 11.6. The molecular formula is C13H24N2O3. The number of piperidine rings is 1. The third-order valence-corrected chi connectivity index (χ3v) is 3.61. The van der Waals surface area contributed by atoms with Gasteiger partial charge in [0.1, 0.15) is 5.60 Å². The first-order valence-corrected chi connectivity index (χ1v) is 6.69. The minimum Gasteiger partial charge on any atom is -0.444 e. The van der Waals surface area contributed by atoms with Crippen molar-refractivity contribution in [2.75, 3.05) is 19.6 Å². The van der Waals surface area contributed by atoms with Gasteiger partial charge in [-0.2, -0.15) is 0 Å². The number of carbonyl (C=O) groups is 1. The van der Waals surface area contributed by atoms with Crippen LogP contribution in [0.25, 0.3) is 0 Å². The Morgan fingerprint density at radius 2 is 2.00 bits per heavy atom. The quantitative estimate of drug-likeness (QED) is 0.772. The molecule has 1 atom stereocenters. The summed E-state index contributed by atoms with van der Waals surface area (Å²) in [6.07, 6.45) is 2.82. The van der Waals surface area contributed by atoms with Crippen molar-refractivity contribution < 1.29 is 14.3 Å². The average Bonchev–Trinajstić information content (AvgIpc) is 2.23. The van der Waals surface area contributed by atoms with Crippen LogP contribution in [0.4, 0.5) is 4.79 Å². The predicted molar refractivity (Wildman–Crippen MR) is 68.3 cm³/mol.